The standard InChI is InChI=1S/C27H42N4O5/c1-17(2)31(25(34)21(16-22(28)32)30-26(35)36-27(4,5)6)23(20-15-11-10-12-18(20)3)24(33)29-19-13-8-7-9-14-19/h10-12,15,17,19,21,23H,7-9,13-14,16H2,1-6H3,(H2,28,32)(H,29,33)(H,30,35). The summed E-state index contributed by atoms with van der Waals surface area (Å²) in [6, 6.07) is 4.80. The number of hydrogen-bond acceptors (Lipinski definition) is 5. The van der Waals surface area contributed by atoms with Gasteiger partial charge in [0.05, 0.1) is 6.42 Å². The van der Waals surface area contributed by atoms with Crippen LogP contribution in [0, 0.1) is 6.92 Å². The van der Waals surface area contributed by atoms with Crippen molar-refractivity contribution in [2.45, 2.75) is 110 Å². The second-order valence-electron chi connectivity index (χ2n) is 10.8. The van der Waals surface area contributed by atoms with Gasteiger partial charge in [-0.2, -0.15) is 0 Å². The van der Waals surface area contributed by atoms with Crippen LogP contribution in [-0.2, 0) is 19.1 Å². The number of carbonyl (C=O) groups excluding carboxylic acids is 4. The lowest BCUT2D eigenvalue weighted by Gasteiger charge is -2.38. The summed E-state index contributed by atoms with van der Waals surface area (Å²) in [6.07, 6.45) is 3.77. The molecule has 1 aromatic carbocycles. The molecule has 9 heteroatoms. The zero-order chi connectivity index (χ0) is 27.0. The van der Waals surface area contributed by atoms with Crippen molar-refractivity contribution >= 4 is 23.8 Å². The minimum Gasteiger partial charge on any atom is -0.444 e. The highest BCUT2D eigenvalue weighted by Crippen LogP contribution is 2.29. The first-order valence-corrected chi connectivity index (χ1v) is 12.8. The molecule has 4 N–H and O–H groups in total. The second-order valence-corrected chi connectivity index (χ2v) is 10.8. The summed E-state index contributed by atoms with van der Waals surface area (Å²) in [7, 11) is 0. The van der Waals surface area contributed by atoms with Gasteiger partial charge < -0.3 is 26.0 Å². The van der Waals surface area contributed by atoms with Crippen molar-refractivity contribution in [1.29, 1.82) is 0 Å². The van der Waals surface area contributed by atoms with E-state index in [9.17, 15) is 19.2 Å². The molecule has 2 rings (SSSR count). The van der Waals surface area contributed by atoms with Crippen molar-refractivity contribution < 1.29 is 23.9 Å². The molecule has 0 aromatic heterocycles. The van der Waals surface area contributed by atoms with Gasteiger partial charge in [-0.25, -0.2) is 4.79 Å². The van der Waals surface area contributed by atoms with Crippen molar-refractivity contribution in [3.8, 4) is 0 Å². The largest absolute Gasteiger partial charge is 0.444 e. The van der Waals surface area contributed by atoms with E-state index in [0.717, 1.165) is 37.7 Å². The molecule has 0 saturated heterocycles. The maximum absolute atomic E-state index is 13.9. The van der Waals surface area contributed by atoms with Crippen molar-refractivity contribution in [3.05, 3.63) is 35.4 Å². The average molecular weight is 503 g/mol. The topological polar surface area (TPSA) is 131 Å². The number of amides is 4. The molecule has 0 bridgehead atoms. The number of nitrogens with one attached hydrogen (secondary N) is 2. The van der Waals surface area contributed by atoms with Crippen LogP contribution in [0.5, 0.6) is 0 Å². The normalized spacial score (nSPS) is 16.1. The zero-order valence-corrected chi connectivity index (χ0v) is 22.4. The van der Waals surface area contributed by atoms with Gasteiger partial charge in [0.2, 0.25) is 17.7 Å². The van der Waals surface area contributed by atoms with Crippen LogP contribution in [0.15, 0.2) is 24.3 Å². The Bertz CT molecular complexity index is 934. The number of benzene rings is 1. The zero-order valence-electron chi connectivity index (χ0n) is 22.4. The van der Waals surface area contributed by atoms with Crippen molar-refractivity contribution in [1.82, 2.24) is 15.5 Å². The molecule has 0 radical (unpaired) electrons. The van der Waals surface area contributed by atoms with Crippen LogP contribution in [0.2, 0.25) is 0 Å². The number of nitrogens with zero attached hydrogens (tertiary/aromatic N) is 1. The molecular formula is C27H42N4O5. The average Bonchev–Trinajstić information content (AvgIpc) is 2.76. The van der Waals surface area contributed by atoms with Gasteiger partial charge in [-0.3, -0.25) is 14.4 Å². The fraction of sp³-hybridized carbons (Fsp3) is 0.630. The summed E-state index contributed by atoms with van der Waals surface area (Å²) >= 11 is 0. The van der Waals surface area contributed by atoms with Crippen LogP contribution in [0.3, 0.4) is 0 Å². The third kappa shape index (κ3) is 8.53. The van der Waals surface area contributed by atoms with E-state index in [-0.39, 0.29) is 11.9 Å². The molecule has 1 fully saturated rings. The van der Waals surface area contributed by atoms with Crippen LogP contribution in [0.4, 0.5) is 4.79 Å². The molecule has 1 aromatic rings. The Labute approximate surface area is 214 Å². The van der Waals surface area contributed by atoms with E-state index in [0.29, 0.717) is 5.56 Å². The quantitative estimate of drug-likeness (QED) is 0.476. The fourth-order valence-corrected chi connectivity index (χ4v) is 4.55. The molecule has 200 valence electrons. The molecule has 9 nitrogen and oxygen atoms in total. The summed E-state index contributed by atoms with van der Waals surface area (Å²) in [4.78, 5) is 53.5. The van der Waals surface area contributed by atoms with Gasteiger partial charge in [0.1, 0.15) is 17.7 Å². The van der Waals surface area contributed by atoms with Crippen LogP contribution in [0.25, 0.3) is 0 Å². The van der Waals surface area contributed by atoms with Gasteiger partial charge in [-0.15, -0.1) is 0 Å². The van der Waals surface area contributed by atoms with E-state index in [2.05, 4.69) is 10.6 Å². The third-order valence-corrected chi connectivity index (χ3v) is 6.17. The second kappa shape index (κ2) is 12.7. The SMILES string of the molecule is Cc1ccccc1C(C(=O)NC1CCCCC1)N(C(=O)C(CC(N)=O)NC(=O)OC(C)(C)C)C(C)C. The number of rotatable bonds is 9. The molecule has 1 saturated carbocycles. The highest BCUT2D eigenvalue weighted by molar-refractivity contribution is 5.95. The Morgan fingerprint density at radius 3 is 2.22 bits per heavy atom. The summed E-state index contributed by atoms with van der Waals surface area (Å²) in [5.41, 5.74) is 6.16. The van der Waals surface area contributed by atoms with Gasteiger partial charge in [0.25, 0.3) is 0 Å². The van der Waals surface area contributed by atoms with E-state index < -0.39 is 48.1 Å². The Balaban J connectivity index is 2.46. The number of nitrogens with two attached hydrogens (primary N) is 1. The maximum Gasteiger partial charge on any atom is 0.408 e. The molecule has 0 heterocycles. The van der Waals surface area contributed by atoms with Crippen LogP contribution < -0.4 is 16.4 Å². The minimum atomic E-state index is -1.28. The van der Waals surface area contributed by atoms with E-state index in [1.54, 1.807) is 34.6 Å². The van der Waals surface area contributed by atoms with Crippen LogP contribution >= 0.6 is 0 Å². The Kier molecular flexibility index (Phi) is 10.3. The van der Waals surface area contributed by atoms with E-state index in [1.165, 1.54) is 4.90 Å². The number of alkyl carbamates (subject to hydrolysis) is 1. The molecule has 1 aliphatic rings. The Morgan fingerprint density at radius 1 is 1.08 bits per heavy atom. The van der Waals surface area contributed by atoms with Gasteiger partial charge in [-0.1, -0.05) is 43.5 Å². The third-order valence-electron chi connectivity index (χ3n) is 6.17. The summed E-state index contributed by atoms with van der Waals surface area (Å²) in [6.45, 7) is 10.6. The monoisotopic (exact) mass is 502 g/mol. The van der Waals surface area contributed by atoms with E-state index in [4.69, 9.17) is 10.5 Å². The summed E-state index contributed by atoms with van der Waals surface area (Å²) < 4.78 is 5.30. The summed E-state index contributed by atoms with van der Waals surface area (Å²) in [5.74, 6) is -1.62. The molecule has 1 aliphatic carbocycles. The molecule has 4 amide bonds. The predicted octanol–water partition coefficient (Wildman–Crippen LogP) is 3.49. The maximum atomic E-state index is 13.9. The number of hydrogen-bond donors (Lipinski definition) is 3. The van der Waals surface area contributed by atoms with Crippen LogP contribution in [-0.4, -0.2) is 52.4 Å². The highest BCUT2D eigenvalue weighted by atomic mass is 16.6. The number of ether oxygens (including phenoxy) is 1. The van der Waals surface area contributed by atoms with Crippen molar-refractivity contribution in [3.63, 3.8) is 0 Å². The van der Waals surface area contributed by atoms with E-state index in [1.807, 2.05) is 31.2 Å². The molecule has 0 aliphatic heterocycles. The number of carbonyl (C=O) groups is 4. The van der Waals surface area contributed by atoms with Crippen molar-refractivity contribution in [2.24, 2.45) is 5.73 Å². The molecule has 2 unspecified atom stereocenters. The lowest BCUT2D eigenvalue weighted by atomic mass is 9.93. The van der Waals surface area contributed by atoms with Gasteiger partial charge in [0, 0.05) is 12.1 Å². The minimum absolute atomic E-state index is 0.0446. The molecule has 0 spiro atoms. The first-order chi connectivity index (χ1) is 16.8. The predicted molar refractivity (Wildman–Crippen MR) is 138 cm³/mol. The molecule has 36 heavy (non-hydrogen) atoms. The fourth-order valence-electron chi connectivity index (χ4n) is 4.55. The Morgan fingerprint density at radius 2 is 1.69 bits per heavy atom. The van der Waals surface area contributed by atoms with E-state index >= 15 is 0 Å². The first-order valence-electron chi connectivity index (χ1n) is 12.8. The lowest BCUT2D eigenvalue weighted by Crippen LogP contribution is -2.56. The lowest BCUT2D eigenvalue weighted by molar-refractivity contribution is -0.145. The summed E-state index contributed by atoms with van der Waals surface area (Å²) in [5, 5.41) is 5.65. The van der Waals surface area contributed by atoms with Gasteiger partial charge in [0.15, 0.2) is 0 Å². The van der Waals surface area contributed by atoms with Gasteiger partial charge in [-0.05, 0) is 65.5 Å². The smallest absolute Gasteiger partial charge is 0.408 e. The number of aryl methyl sites for hydroxylation is 1. The van der Waals surface area contributed by atoms with Crippen LogP contribution in [0.1, 0.15) is 90.3 Å². The molecular weight excluding hydrogens is 460 g/mol. The van der Waals surface area contributed by atoms with Crippen molar-refractivity contribution in [2.75, 3.05) is 0 Å². The molecule has 2 atom stereocenters. The first kappa shape index (κ1) is 29.1. The van der Waals surface area contributed by atoms with Gasteiger partial charge >= 0.3 is 6.09 Å². The Hall–Kier alpha value is -3.10. The number of primary amides is 1. The highest BCUT2D eigenvalue weighted by Gasteiger charge is 2.39.